The molecular weight excluding hydrogens is 254 g/mol. The van der Waals surface area contributed by atoms with E-state index >= 15 is 0 Å². The van der Waals surface area contributed by atoms with Crippen molar-refractivity contribution in [2.45, 2.75) is 13.5 Å². The Kier molecular flexibility index (Phi) is 4.53. The fourth-order valence-corrected chi connectivity index (χ4v) is 1.65. The molecule has 2 rings (SSSR count). The number of nitrogens with two attached hydrogens (primary N) is 1. The van der Waals surface area contributed by atoms with Crippen LogP contribution in [0.25, 0.3) is 0 Å². The second-order valence-corrected chi connectivity index (χ2v) is 4.21. The number of hydrogen-bond donors (Lipinski definition) is 2. The van der Waals surface area contributed by atoms with Gasteiger partial charge in [0.1, 0.15) is 12.0 Å². The molecule has 102 valence electrons. The molecule has 20 heavy (non-hydrogen) atoms. The molecule has 0 saturated carbocycles. The Morgan fingerprint density at radius 1 is 1.45 bits per heavy atom. The lowest BCUT2D eigenvalue weighted by Gasteiger charge is -2.05. The van der Waals surface area contributed by atoms with E-state index in [-0.39, 0.29) is 5.91 Å². The van der Waals surface area contributed by atoms with Crippen LogP contribution in [-0.2, 0) is 6.54 Å². The van der Waals surface area contributed by atoms with Gasteiger partial charge in [0.05, 0.1) is 13.1 Å². The number of amides is 1. The number of carbonyl (C=O) groups excluding carboxylic acids is 1. The molecule has 0 aliphatic rings. The summed E-state index contributed by atoms with van der Waals surface area (Å²) >= 11 is 0. The van der Waals surface area contributed by atoms with Crippen molar-refractivity contribution in [2.24, 2.45) is 5.73 Å². The quantitative estimate of drug-likeness (QED) is 0.821. The first-order valence-corrected chi connectivity index (χ1v) is 6.17. The van der Waals surface area contributed by atoms with Crippen molar-refractivity contribution in [1.29, 1.82) is 0 Å². The number of benzene rings is 1. The second kappa shape index (κ2) is 6.55. The molecule has 1 amide bonds. The first-order chi connectivity index (χ1) is 9.70. The molecule has 0 fully saturated rings. The summed E-state index contributed by atoms with van der Waals surface area (Å²) in [5, 5.41) is 6.50. The van der Waals surface area contributed by atoms with Crippen molar-refractivity contribution >= 4 is 5.91 Å². The standard InChI is InChI=1S/C15H15N3O2/c1-11-4-5-13(9-12(11)3-2-7-16)15(19)17-10-14-6-8-20-18-14/h4-6,8-9H,7,10,16H2,1H3,(H,17,19). The van der Waals surface area contributed by atoms with Gasteiger partial charge in [-0.15, -0.1) is 0 Å². The van der Waals surface area contributed by atoms with Crippen molar-refractivity contribution < 1.29 is 9.32 Å². The van der Waals surface area contributed by atoms with E-state index in [1.54, 1.807) is 18.2 Å². The van der Waals surface area contributed by atoms with Crippen LogP contribution in [0.5, 0.6) is 0 Å². The fourth-order valence-electron chi connectivity index (χ4n) is 1.65. The smallest absolute Gasteiger partial charge is 0.251 e. The van der Waals surface area contributed by atoms with Gasteiger partial charge in [0.2, 0.25) is 0 Å². The molecule has 0 saturated heterocycles. The molecule has 3 N–H and O–H groups in total. The SMILES string of the molecule is Cc1ccc(C(=O)NCc2ccon2)cc1C#CCN. The molecule has 0 spiro atoms. The zero-order chi connectivity index (χ0) is 14.4. The monoisotopic (exact) mass is 269 g/mol. The van der Waals surface area contributed by atoms with Gasteiger partial charge in [-0.25, -0.2) is 0 Å². The Hall–Kier alpha value is -2.58. The van der Waals surface area contributed by atoms with Crippen molar-refractivity contribution in [3.05, 3.63) is 52.9 Å². The summed E-state index contributed by atoms with van der Waals surface area (Å²) in [4.78, 5) is 12.0. The predicted octanol–water partition coefficient (Wildman–Crippen LogP) is 1.22. The molecule has 1 aromatic carbocycles. The largest absolute Gasteiger partial charge is 0.364 e. The van der Waals surface area contributed by atoms with Crippen molar-refractivity contribution in [2.75, 3.05) is 6.54 Å². The van der Waals surface area contributed by atoms with Gasteiger partial charge in [-0.05, 0) is 24.6 Å². The first-order valence-electron chi connectivity index (χ1n) is 6.17. The van der Waals surface area contributed by atoms with E-state index in [4.69, 9.17) is 10.3 Å². The third-order valence-electron chi connectivity index (χ3n) is 2.75. The van der Waals surface area contributed by atoms with E-state index in [0.29, 0.717) is 24.3 Å². The second-order valence-electron chi connectivity index (χ2n) is 4.21. The zero-order valence-corrected chi connectivity index (χ0v) is 11.1. The highest BCUT2D eigenvalue weighted by Crippen LogP contribution is 2.10. The summed E-state index contributed by atoms with van der Waals surface area (Å²) in [6, 6.07) is 7.09. The first kappa shape index (κ1) is 13.8. The Balaban J connectivity index is 2.09. The van der Waals surface area contributed by atoms with Crippen LogP contribution < -0.4 is 11.1 Å². The van der Waals surface area contributed by atoms with E-state index in [2.05, 4.69) is 22.3 Å². The number of hydrogen-bond acceptors (Lipinski definition) is 4. The molecular formula is C15H15N3O2. The lowest BCUT2D eigenvalue weighted by molar-refractivity contribution is 0.0950. The zero-order valence-electron chi connectivity index (χ0n) is 11.1. The number of aryl methyl sites for hydroxylation is 1. The molecule has 0 atom stereocenters. The summed E-state index contributed by atoms with van der Waals surface area (Å²) in [7, 11) is 0. The molecule has 5 nitrogen and oxygen atoms in total. The van der Waals surface area contributed by atoms with Gasteiger partial charge in [0, 0.05) is 17.2 Å². The molecule has 2 aromatic rings. The van der Waals surface area contributed by atoms with Crippen molar-refractivity contribution in [1.82, 2.24) is 10.5 Å². The van der Waals surface area contributed by atoms with Crippen LogP contribution >= 0.6 is 0 Å². The molecule has 0 aliphatic heterocycles. The van der Waals surface area contributed by atoms with Crippen LogP contribution in [-0.4, -0.2) is 17.6 Å². The molecule has 0 radical (unpaired) electrons. The maximum absolute atomic E-state index is 12.0. The molecule has 0 bridgehead atoms. The highest BCUT2D eigenvalue weighted by Gasteiger charge is 2.08. The summed E-state index contributed by atoms with van der Waals surface area (Å²) in [6.07, 6.45) is 1.47. The summed E-state index contributed by atoms with van der Waals surface area (Å²) in [5.74, 6) is 5.57. The lowest BCUT2D eigenvalue weighted by atomic mass is 10.0. The average molecular weight is 269 g/mol. The van der Waals surface area contributed by atoms with Gasteiger partial charge in [-0.2, -0.15) is 0 Å². The number of nitrogens with zero attached hydrogens (tertiary/aromatic N) is 1. The Labute approximate surface area is 117 Å². The van der Waals surface area contributed by atoms with Gasteiger partial charge in [-0.3, -0.25) is 4.79 Å². The Morgan fingerprint density at radius 2 is 2.30 bits per heavy atom. The van der Waals surface area contributed by atoms with Crippen LogP contribution in [0.3, 0.4) is 0 Å². The topological polar surface area (TPSA) is 81.2 Å². The van der Waals surface area contributed by atoms with E-state index in [1.807, 2.05) is 13.0 Å². The number of aromatic nitrogens is 1. The molecule has 0 unspecified atom stereocenters. The molecule has 5 heteroatoms. The molecule has 1 aromatic heterocycles. The maximum atomic E-state index is 12.0. The van der Waals surface area contributed by atoms with E-state index < -0.39 is 0 Å². The van der Waals surface area contributed by atoms with Crippen LogP contribution in [0.4, 0.5) is 0 Å². The number of carbonyl (C=O) groups is 1. The highest BCUT2D eigenvalue weighted by atomic mass is 16.5. The van der Waals surface area contributed by atoms with Crippen LogP contribution in [0, 0.1) is 18.8 Å². The highest BCUT2D eigenvalue weighted by molar-refractivity contribution is 5.94. The maximum Gasteiger partial charge on any atom is 0.251 e. The predicted molar refractivity (Wildman–Crippen MR) is 74.8 cm³/mol. The fraction of sp³-hybridized carbons (Fsp3) is 0.200. The summed E-state index contributed by atoms with van der Waals surface area (Å²) in [5.41, 5.74) is 8.41. The third-order valence-corrected chi connectivity index (χ3v) is 2.75. The number of rotatable bonds is 3. The normalized spacial score (nSPS) is 9.70. The summed E-state index contributed by atoms with van der Waals surface area (Å²) < 4.78 is 4.70. The van der Waals surface area contributed by atoms with E-state index in [9.17, 15) is 4.79 Å². The van der Waals surface area contributed by atoms with E-state index in [1.165, 1.54) is 6.26 Å². The van der Waals surface area contributed by atoms with E-state index in [0.717, 1.165) is 11.1 Å². The minimum absolute atomic E-state index is 0.177. The van der Waals surface area contributed by atoms with Gasteiger partial charge >= 0.3 is 0 Å². The Morgan fingerprint density at radius 3 is 3.00 bits per heavy atom. The van der Waals surface area contributed by atoms with Crippen LogP contribution in [0.1, 0.15) is 27.2 Å². The van der Waals surface area contributed by atoms with Gasteiger partial charge in [-0.1, -0.05) is 23.1 Å². The van der Waals surface area contributed by atoms with Crippen molar-refractivity contribution in [3.63, 3.8) is 0 Å². The number of nitrogens with one attached hydrogen (secondary N) is 1. The average Bonchev–Trinajstić information content (AvgIpc) is 2.97. The molecule has 1 heterocycles. The van der Waals surface area contributed by atoms with Gasteiger partial charge < -0.3 is 15.6 Å². The summed E-state index contributed by atoms with van der Waals surface area (Å²) in [6.45, 7) is 2.56. The molecule has 0 aliphatic carbocycles. The van der Waals surface area contributed by atoms with Gasteiger partial charge in [0.25, 0.3) is 5.91 Å². The third kappa shape index (κ3) is 3.46. The van der Waals surface area contributed by atoms with Crippen LogP contribution in [0.15, 0.2) is 35.1 Å². The minimum atomic E-state index is -0.177. The van der Waals surface area contributed by atoms with Crippen molar-refractivity contribution in [3.8, 4) is 11.8 Å². The Bertz CT molecular complexity index is 651. The lowest BCUT2D eigenvalue weighted by Crippen LogP contribution is -2.23. The minimum Gasteiger partial charge on any atom is -0.364 e. The van der Waals surface area contributed by atoms with Gasteiger partial charge in [0.15, 0.2) is 0 Å². The van der Waals surface area contributed by atoms with Crippen LogP contribution in [0.2, 0.25) is 0 Å².